The lowest BCUT2D eigenvalue weighted by Gasteiger charge is -2.46. The highest BCUT2D eigenvalue weighted by molar-refractivity contribution is 7.92. The van der Waals surface area contributed by atoms with E-state index in [4.69, 9.17) is 25.8 Å². The summed E-state index contributed by atoms with van der Waals surface area (Å²) in [7, 11) is -0.443. The summed E-state index contributed by atoms with van der Waals surface area (Å²) in [4.78, 5) is 30.1. The summed E-state index contributed by atoms with van der Waals surface area (Å²) in [5.74, 6) is -0.186. The SMILES string of the molecule is CO[C@H]1C=CCOC(C)(C)C(=O)N=S(=O)(NC(=O)c2cnn(C)c2C)c2ccc3c(c2)N(C[C@@H]2CC[C@H]21)C[C@@]1(CCCc2cc(Cl)ccc21)CO3. The molecule has 5 atom stereocenters. The van der Waals surface area contributed by atoms with Gasteiger partial charge >= 0.3 is 0 Å². The zero-order valence-electron chi connectivity index (χ0n) is 29.8. The fourth-order valence-corrected chi connectivity index (χ4v) is 9.77. The minimum Gasteiger partial charge on any atom is -0.490 e. The summed E-state index contributed by atoms with van der Waals surface area (Å²) in [6.07, 6.45) is 10.1. The monoisotopic (exact) mass is 735 g/mol. The number of ether oxygens (including phenoxy) is 3. The molecule has 7 rings (SSSR count). The number of nitrogens with zero attached hydrogens (tertiary/aromatic N) is 4. The topological polar surface area (TPSA) is 124 Å². The lowest BCUT2D eigenvalue weighted by Crippen LogP contribution is -2.49. The normalized spacial score (nSPS) is 28.8. The molecule has 1 unspecified atom stereocenters. The standard InChI is InChI=1S/C38H46ClN5O6S/c1-24-30(20-40-43(24)4)35(45)41-51(47)28-12-15-34-32(19-28)44(22-38(23-49-34)16-6-8-25-18-27(39)11-14-31(25)38)21-26-10-13-29(26)33(48-5)9-7-17-50-37(2,3)36(46)42-51/h7,9,11-12,14-15,18-20,26,29,33H,6,8,10,13,16-17,21-23H2,1-5H3,(H,41,42,45,46,47)/t26-,29+,33-,38-,51?/m0/s1. The average Bonchev–Trinajstić information content (AvgIpc) is 3.34. The molecular weight excluding hydrogens is 690 g/mol. The Hall–Kier alpha value is -3.71. The third kappa shape index (κ3) is 6.71. The minimum absolute atomic E-state index is 0.117. The molecule has 2 amide bonds. The molecule has 4 aliphatic rings. The molecule has 13 heteroatoms. The van der Waals surface area contributed by atoms with Crippen molar-refractivity contribution in [2.45, 2.75) is 74.9 Å². The summed E-state index contributed by atoms with van der Waals surface area (Å²) in [5, 5.41) is 4.90. The Labute approximate surface area is 305 Å². The maximum absolute atomic E-state index is 15.1. The lowest BCUT2D eigenvalue weighted by atomic mass is 9.68. The zero-order chi connectivity index (χ0) is 36.1. The summed E-state index contributed by atoms with van der Waals surface area (Å²) in [6, 6.07) is 11.4. The molecule has 0 saturated heterocycles. The molecule has 1 fully saturated rings. The number of aromatic nitrogens is 2. The Morgan fingerprint density at radius 2 is 2.00 bits per heavy atom. The molecule has 272 valence electrons. The van der Waals surface area contributed by atoms with Gasteiger partial charge in [0.15, 0.2) is 9.92 Å². The van der Waals surface area contributed by atoms with Gasteiger partial charge in [0, 0.05) is 43.4 Å². The van der Waals surface area contributed by atoms with E-state index < -0.39 is 27.3 Å². The van der Waals surface area contributed by atoms with Gasteiger partial charge in [0.25, 0.3) is 11.8 Å². The van der Waals surface area contributed by atoms with Gasteiger partial charge in [-0.2, -0.15) is 5.10 Å². The molecule has 3 aromatic rings. The van der Waals surface area contributed by atoms with Crippen molar-refractivity contribution < 1.29 is 28.0 Å². The van der Waals surface area contributed by atoms with E-state index in [1.807, 2.05) is 18.2 Å². The third-order valence-electron chi connectivity index (χ3n) is 11.3. The number of methoxy groups -OCH3 is 1. The highest BCUT2D eigenvalue weighted by Gasteiger charge is 2.45. The molecule has 1 saturated carbocycles. The van der Waals surface area contributed by atoms with Gasteiger partial charge in [-0.3, -0.25) is 19.0 Å². The van der Waals surface area contributed by atoms with Crippen molar-refractivity contribution >= 4 is 39.0 Å². The fraction of sp³-hybridized carbons (Fsp3) is 0.500. The smallest absolute Gasteiger partial charge is 0.287 e. The van der Waals surface area contributed by atoms with E-state index in [9.17, 15) is 9.59 Å². The van der Waals surface area contributed by atoms with Crippen molar-refractivity contribution in [2.75, 3.05) is 38.3 Å². The molecule has 51 heavy (non-hydrogen) atoms. The Bertz CT molecular complexity index is 2020. The number of hydrogen-bond donors (Lipinski definition) is 1. The zero-order valence-corrected chi connectivity index (χ0v) is 31.4. The van der Waals surface area contributed by atoms with Gasteiger partial charge in [-0.1, -0.05) is 29.8 Å². The maximum Gasteiger partial charge on any atom is 0.287 e. The molecule has 1 spiro atoms. The molecule has 1 aromatic heterocycles. The Balaban J connectivity index is 1.38. The second kappa shape index (κ2) is 13.7. The second-order valence-electron chi connectivity index (χ2n) is 14.8. The molecule has 2 aliphatic heterocycles. The van der Waals surface area contributed by atoms with Crippen LogP contribution in [0, 0.1) is 18.8 Å². The van der Waals surface area contributed by atoms with Crippen LogP contribution in [0.25, 0.3) is 0 Å². The molecule has 11 nitrogen and oxygen atoms in total. The van der Waals surface area contributed by atoms with Crippen LogP contribution >= 0.6 is 11.6 Å². The van der Waals surface area contributed by atoms with Crippen molar-refractivity contribution in [3.05, 3.63) is 82.2 Å². The summed E-state index contributed by atoms with van der Waals surface area (Å²) < 4.78 is 42.2. The van der Waals surface area contributed by atoms with Gasteiger partial charge in [-0.25, -0.2) is 4.21 Å². The van der Waals surface area contributed by atoms with Crippen LogP contribution in [0.2, 0.25) is 5.02 Å². The summed E-state index contributed by atoms with van der Waals surface area (Å²) in [5.41, 5.74) is 2.28. The van der Waals surface area contributed by atoms with Crippen LogP contribution in [0.15, 0.2) is 64.0 Å². The quantitative estimate of drug-likeness (QED) is 0.327. The maximum atomic E-state index is 15.1. The van der Waals surface area contributed by atoms with Gasteiger partial charge in [0.2, 0.25) is 0 Å². The second-order valence-corrected chi connectivity index (χ2v) is 17.2. The number of aryl methyl sites for hydroxylation is 2. The lowest BCUT2D eigenvalue weighted by molar-refractivity contribution is -0.137. The van der Waals surface area contributed by atoms with Crippen LogP contribution in [0.5, 0.6) is 5.75 Å². The number of nitrogens with one attached hydrogen (secondary N) is 1. The number of benzene rings is 2. The fourth-order valence-electron chi connectivity index (χ4n) is 7.97. The van der Waals surface area contributed by atoms with Gasteiger partial charge in [-0.15, -0.1) is 4.36 Å². The first-order valence-electron chi connectivity index (χ1n) is 17.6. The van der Waals surface area contributed by atoms with E-state index in [2.05, 4.69) is 31.2 Å². The van der Waals surface area contributed by atoms with Crippen molar-refractivity contribution in [1.82, 2.24) is 14.5 Å². The van der Waals surface area contributed by atoms with Crippen LogP contribution < -0.4 is 14.4 Å². The number of fused-ring (bicyclic) bond motifs is 4. The first-order valence-corrected chi connectivity index (χ1v) is 19.5. The van der Waals surface area contributed by atoms with E-state index in [0.717, 1.165) is 42.8 Å². The highest BCUT2D eigenvalue weighted by Crippen LogP contribution is 2.47. The third-order valence-corrected chi connectivity index (χ3v) is 13.3. The van der Waals surface area contributed by atoms with Gasteiger partial charge in [-0.05, 0) is 106 Å². The number of amides is 2. The highest BCUT2D eigenvalue weighted by atomic mass is 35.5. The van der Waals surface area contributed by atoms with Crippen LogP contribution in [-0.4, -0.2) is 70.9 Å². The molecule has 0 radical (unpaired) electrons. The van der Waals surface area contributed by atoms with Crippen LogP contribution in [0.1, 0.15) is 66.7 Å². The molecular formula is C38H46ClN5O6S. The van der Waals surface area contributed by atoms with Crippen molar-refractivity contribution in [2.24, 2.45) is 23.2 Å². The van der Waals surface area contributed by atoms with Crippen LogP contribution in [0.3, 0.4) is 0 Å². The van der Waals surface area contributed by atoms with Crippen molar-refractivity contribution in [3.63, 3.8) is 0 Å². The summed E-state index contributed by atoms with van der Waals surface area (Å²) in [6.45, 7) is 6.87. The first kappa shape index (κ1) is 35.7. The van der Waals surface area contributed by atoms with Crippen molar-refractivity contribution in [3.8, 4) is 5.75 Å². The van der Waals surface area contributed by atoms with E-state index >= 15 is 4.21 Å². The average molecular weight is 736 g/mol. The first-order chi connectivity index (χ1) is 24.3. The van der Waals surface area contributed by atoms with Crippen LogP contribution in [0.4, 0.5) is 5.69 Å². The minimum atomic E-state index is -3.89. The number of anilines is 1. The molecule has 3 heterocycles. The Morgan fingerprint density at radius 1 is 1.18 bits per heavy atom. The van der Waals surface area contributed by atoms with Crippen LogP contribution in [-0.2, 0) is 43.1 Å². The predicted octanol–water partition coefficient (Wildman–Crippen LogP) is 5.96. The number of carbonyl (C=O) groups excluding carboxylic acids is 2. The van der Waals surface area contributed by atoms with Crippen molar-refractivity contribution in [1.29, 1.82) is 0 Å². The number of hydrogen-bond acceptors (Lipinski definition) is 8. The predicted molar refractivity (Wildman–Crippen MR) is 196 cm³/mol. The number of carbonyl (C=O) groups is 2. The van der Waals surface area contributed by atoms with Gasteiger partial charge < -0.3 is 19.1 Å². The molecule has 2 aromatic carbocycles. The van der Waals surface area contributed by atoms with E-state index in [-0.39, 0.29) is 34.5 Å². The number of rotatable bonds is 3. The number of halogens is 1. The molecule has 2 bridgehead atoms. The van der Waals surface area contributed by atoms with Gasteiger partial charge in [0.05, 0.1) is 41.7 Å². The van der Waals surface area contributed by atoms with E-state index in [1.165, 1.54) is 17.3 Å². The van der Waals surface area contributed by atoms with Gasteiger partial charge in [0.1, 0.15) is 11.4 Å². The Morgan fingerprint density at radius 3 is 2.73 bits per heavy atom. The largest absolute Gasteiger partial charge is 0.490 e. The Kier molecular flexibility index (Phi) is 9.58. The van der Waals surface area contributed by atoms with E-state index in [1.54, 1.807) is 57.8 Å². The molecule has 1 N–H and O–H groups in total. The van der Waals surface area contributed by atoms with E-state index in [0.29, 0.717) is 37.1 Å². The molecule has 2 aliphatic carbocycles. The summed E-state index contributed by atoms with van der Waals surface area (Å²) >= 11 is 6.47.